The fourth-order valence-corrected chi connectivity index (χ4v) is 4.03. The van der Waals surface area contributed by atoms with Gasteiger partial charge in [0.05, 0.1) is 18.5 Å². The van der Waals surface area contributed by atoms with E-state index < -0.39 is 0 Å². The average Bonchev–Trinajstić information content (AvgIpc) is 2.61. The van der Waals surface area contributed by atoms with E-state index in [2.05, 4.69) is 23.5 Å². The molecule has 5 nitrogen and oxygen atoms in total. The standard InChI is InChI=1S/C20H29N3O2/c1-14(16-9-8-15-5-2-3-6-17(15)11-16)22-19(24)13-23-10-4-7-18(12-23)20(21)25/h8-9,11,14,18H,2-7,10,12-13H2,1H3,(H2,21,25)(H,22,24)/t14-,18+/m1/s1. The molecule has 0 radical (unpaired) electrons. The summed E-state index contributed by atoms with van der Waals surface area (Å²) >= 11 is 0. The van der Waals surface area contributed by atoms with Crippen LogP contribution in [0.25, 0.3) is 0 Å². The van der Waals surface area contributed by atoms with Crippen molar-refractivity contribution in [3.05, 3.63) is 34.9 Å². The predicted molar refractivity (Wildman–Crippen MR) is 98.0 cm³/mol. The summed E-state index contributed by atoms with van der Waals surface area (Å²) in [5, 5.41) is 3.10. The van der Waals surface area contributed by atoms with Crippen LogP contribution < -0.4 is 11.1 Å². The Labute approximate surface area is 150 Å². The van der Waals surface area contributed by atoms with Crippen LogP contribution in [0.4, 0.5) is 0 Å². The van der Waals surface area contributed by atoms with E-state index in [0.29, 0.717) is 13.1 Å². The first-order valence-electron chi connectivity index (χ1n) is 9.45. The maximum atomic E-state index is 12.4. The van der Waals surface area contributed by atoms with Gasteiger partial charge in [-0.2, -0.15) is 0 Å². The quantitative estimate of drug-likeness (QED) is 0.858. The smallest absolute Gasteiger partial charge is 0.234 e. The van der Waals surface area contributed by atoms with E-state index in [0.717, 1.165) is 25.8 Å². The van der Waals surface area contributed by atoms with Gasteiger partial charge in [0, 0.05) is 6.54 Å². The molecule has 0 saturated carbocycles. The molecule has 3 N–H and O–H groups in total. The Balaban J connectivity index is 1.54. The van der Waals surface area contributed by atoms with Gasteiger partial charge in [0.25, 0.3) is 0 Å². The van der Waals surface area contributed by atoms with Crippen LogP contribution in [0.2, 0.25) is 0 Å². The summed E-state index contributed by atoms with van der Waals surface area (Å²) in [6, 6.07) is 6.60. The maximum absolute atomic E-state index is 12.4. The molecule has 136 valence electrons. The van der Waals surface area contributed by atoms with Gasteiger partial charge in [-0.05, 0) is 68.7 Å². The number of aryl methyl sites for hydroxylation is 2. The highest BCUT2D eigenvalue weighted by Crippen LogP contribution is 2.24. The van der Waals surface area contributed by atoms with Crippen LogP contribution in [0, 0.1) is 5.92 Å². The number of primary amides is 1. The molecule has 3 rings (SSSR count). The number of carbonyl (C=O) groups excluding carboxylic acids is 2. The minimum atomic E-state index is -0.257. The molecular weight excluding hydrogens is 314 g/mol. The number of benzene rings is 1. The molecule has 2 atom stereocenters. The van der Waals surface area contributed by atoms with Crippen molar-refractivity contribution in [1.29, 1.82) is 0 Å². The number of carbonyl (C=O) groups is 2. The van der Waals surface area contributed by atoms with E-state index >= 15 is 0 Å². The fourth-order valence-electron chi connectivity index (χ4n) is 4.03. The third-order valence-electron chi connectivity index (χ3n) is 5.53. The number of hydrogen-bond acceptors (Lipinski definition) is 3. The Morgan fingerprint density at radius 1 is 1.24 bits per heavy atom. The highest BCUT2D eigenvalue weighted by Gasteiger charge is 2.25. The van der Waals surface area contributed by atoms with Crippen LogP contribution in [0.5, 0.6) is 0 Å². The van der Waals surface area contributed by atoms with Crippen molar-refractivity contribution in [2.75, 3.05) is 19.6 Å². The number of likely N-dealkylation sites (tertiary alicyclic amines) is 1. The lowest BCUT2D eigenvalue weighted by Crippen LogP contribution is -2.45. The van der Waals surface area contributed by atoms with Crippen LogP contribution in [-0.4, -0.2) is 36.3 Å². The number of amides is 2. The van der Waals surface area contributed by atoms with Crippen molar-refractivity contribution < 1.29 is 9.59 Å². The summed E-state index contributed by atoms with van der Waals surface area (Å²) in [4.78, 5) is 25.8. The van der Waals surface area contributed by atoms with E-state index in [1.807, 2.05) is 11.8 Å². The lowest BCUT2D eigenvalue weighted by Gasteiger charge is -2.31. The Bertz CT molecular complexity index is 644. The van der Waals surface area contributed by atoms with Gasteiger partial charge < -0.3 is 11.1 Å². The van der Waals surface area contributed by atoms with Gasteiger partial charge in [-0.3, -0.25) is 14.5 Å². The number of piperidine rings is 1. The van der Waals surface area contributed by atoms with Gasteiger partial charge in [-0.15, -0.1) is 0 Å². The molecule has 0 aromatic heterocycles. The van der Waals surface area contributed by atoms with Gasteiger partial charge in [-0.1, -0.05) is 18.2 Å². The molecule has 25 heavy (non-hydrogen) atoms. The second kappa shape index (κ2) is 8.00. The van der Waals surface area contributed by atoms with Gasteiger partial charge in [0.1, 0.15) is 0 Å². The molecule has 1 aromatic rings. The molecule has 5 heteroatoms. The third kappa shape index (κ3) is 4.60. The SMILES string of the molecule is C[C@@H](NC(=O)CN1CCC[C@H](C(N)=O)C1)c1ccc2c(c1)CCCC2. The summed E-state index contributed by atoms with van der Waals surface area (Å²) in [5.74, 6) is -0.373. The first-order chi connectivity index (χ1) is 12.0. The highest BCUT2D eigenvalue weighted by molar-refractivity contribution is 5.79. The van der Waals surface area contributed by atoms with Crippen molar-refractivity contribution in [2.45, 2.75) is 51.5 Å². The van der Waals surface area contributed by atoms with Crippen molar-refractivity contribution in [2.24, 2.45) is 11.7 Å². The number of rotatable bonds is 5. The Hall–Kier alpha value is -1.88. The third-order valence-corrected chi connectivity index (χ3v) is 5.53. The first kappa shape index (κ1) is 17.9. The second-order valence-electron chi connectivity index (χ2n) is 7.50. The molecular formula is C20H29N3O2. The van der Waals surface area contributed by atoms with Crippen molar-refractivity contribution in [3.63, 3.8) is 0 Å². The highest BCUT2D eigenvalue weighted by atomic mass is 16.2. The number of nitrogens with two attached hydrogens (primary N) is 1. The molecule has 2 aliphatic rings. The summed E-state index contributed by atoms with van der Waals surface area (Å²) in [7, 11) is 0. The zero-order chi connectivity index (χ0) is 17.8. The van der Waals surface area contributed by atoms with E-state index in [9.17, 15) is 9.59 Å². The molecule has 1 aromatic carbocycles. The molecule has 1 fully saturated rings. The second-order valence-corrected chi connectivity index (χ2v) is 7.50. The maximum Gasteiger partial charge on any atom is 0.234 e. The largest absolute Gasteiger partial charge is 0.369 e. The zero-order valence-corrected chi connectivity index (χ0v) is 15.1. The van der Waals surface area contributed by atoms with Crippen molar-refractivity contribution in [1.82, 2.24) is 10.2 Å². The number of fused-ring (bicyclic) bond motifs is 1. The van der Waals surface area contributed by atoms with Gasteiger partial charge in [0.2, 0.25) is 11.8 Å². The van der Waals surface area contributed by atoms with Crippen LogP contribution >= 0.6 is 0 Å². The van der Waals surface area contributed by atoms with Crippen LogP contribution in [0.15, 0.2) is 18.2 Å². The Kier molecular flexibility index (Phi) is 5.74. The normalized spacial score (nSPS) is 22.0. The lowest BCUT2D eigenvalue weighted by molar-refractivity contribution is -0.127. The zero-order valence-electron chi connectivity index (χ0n) is 15.1. The number of nitrogens with one attached hydrogen (secondary N) is 1. The Morgan fingerprint density at radius 3 is 2.76 bits per heavy atom. The lowest BCUT2D eigenvalue weighted by atomic mass is 9.89. The summed E-state index contributed by atoms with van der Waals surface area (Å²) in [6.07, 6.45) is 6.60. The molecule has 0 unspecified atom stereocenters. The summed E-state index contributed by atoms with van der Waals surface area (Å²) < 4.78 is 0. The molecule has 1 heterocycles. The van der Waals surface area contributed by atoms with Crippen LogP contribution in [0.1, 0.15) is 55.3 Å². The minimum absolute atomic E-state index is 0.00328. The molecule has 1 aliphatic heterocycles. The number of hydrogen-bond donors (Lipinski definition) is 2. The predicted octanol–water partition coefficient (Wildman–Crippen LogP) is 1.94. The monoisotopic (exact) mass is 343 g/mol. The molecule has 1 saturated heterocycles. The fraction of sp³-hybridized carbons (Fsp3) is 0.600. The van der Waals surface area contributed by atoms with E-state index in [4.69, 9.17) is 5.73 Å². The van der Waals surface area contributed by atoms with Gasteiger partial charge in [0.15, 0.2) is 0 Å². The first-order valence-corrected chi connectivity index (χ1v) is 9.45. The van der Waals surface area contributed by atoms with Crippen LogP contribution in [0.3, 0.4) is 0 Å². The molecule has 2 amide bonds. The number of nitrogens with zero attached hydrogens (tertiary/aromatic N) is 1. The molecule has 1 aliphatic carbocycles. The summed E-state index contributed by atoms with van der Waals surface area (Å²) in [5.41, 5.74) is 9.47. The van der Waals surface area contributed by atoms with Crippen molar-refractivity contribution in [3.8, 4) is 0 Å². The summed E-state index contributed by atoms with van der Waals surface area (Å²) in [6.45, 7) is 3.81. The van der Waals surface area contributed by atoms with E-state index in [1.165, 1.54) is 36.0 Å². The van der Waals surface area contributed by atoms with Gasteiger partial charge >= 0.3 is 0 Å². The molecule has 0 spiro atoms. The van der Waals surface area contributed by atoms with Crippen LogP contribution in [-0.2, 0) is 22.4 Å². The molecule has 0 bridgehead atoms. The van der Waals surface area contributed by atoms with E-state index in [1.54, 1.807) is 0 Å². The van der Waals surface area contributed by atoms with E-state index in [-0.39, 0.29) is 23.8 Å². The van der Waals surface area contributed by atoms with Gasteiger partial charge in [-0.25, -0.2) is 0 Å². The average molecular weight is 343 g/mol. The minimum Gasteiger partial charge on any atom is -0.369 e. The topological polar surface area (TPSA) is 75.4 Å². The van der Waals surface area contributed by atoms with Crippen molar-refractivity contribution >= 4 is 11.8 Å². The Morgan fingerprint density at radius 2 is 2.00 bits per heavy atom.